The van der Waals surface area contributed by atoms with Crippen LogP contribution in [0.3, 0.4) is 0 Å². The molecule has 0 bridgehead atoms. The van der Waals surface area contributed by atoms with Gasteiger partial charge in [-0.15, -0.1) is 16.5 Å². The van der Waals surface area contributed by atoms with Gasteiger partial charge in [0.2, 0.25) is 0 Å². The van der Waals surface area contributed by atoms with E-state index in [1.807, 2.05) is 12.2 Å². The van der Waals surface area contributed by atoms with E-state index in [1.165, 1.54) is 0 Å². The Balaban J connectivity index is 3.25. The van der Waals surface area contributed by atoms with Crippen LogP contribution in [0.15, 0.2) is 23.7 Å². The van der Waals surface area contributed by atoms with Crippen LogP contribution in [0.4, 0.5) is 0 Å². The molecule has 0 fully saturated rings. The number of allylic oxidation sites excluding steroid dienone is 2. The molecule has 0 rings (SSSR count). The summed E-state index contributed by atoms with van der Waals surface area (Å²) in [7, 11) is 0. The predicted octanol–water partition coefficient (Wildman–Crippen LogP) is 2.02. The van der Waals surface area contributed by atoms with Crippen LogP contribution in [0.1, 0.15) is 0 Å². The van der Waals surface area contributed by atoms with Gasteiger partial charge in [-0.25, -0.2) is 0 Å². The first-order chi connectivity index (χ1) is 3.27. The maximum absolute atomic E-state index is 3.57. The molecule has 0 amide bonds. The monoisotopic (exact) mass is 110 g/mol. The Hall–Kier alpha value is 0.0125. The summed E-state index contributed by atoms with van der Waals surface area (Å²) >= 11 is -0.440. The number of hydrogen-bond donors (Lipinski definition) is 0. The molecule has 7 heavy (non-hydrogen) atoms. The zero-order valence-electron chi connectivity index (χ0n) is 5.02. The molecule has 0 unspecified atom stereocenters. The van der Waals surface area contributed by atoms with Crippen LogP contribution in [0.25, 0.3) is 0 Å². The van der Waals surface area contributed by atoms with Crippen LogP contribution in [0.2, 0.25) is 11.6 Å². The van der Waals surface area contributed by atoms with E-state index in [0.717, 1.165) is 0 Å². The van der Waals surface area contributed by atoms with E-state index in [2.05, 4.69) is 23.1 Å². The molecule has 0 heterocycles. The molecule has 0 aliphatic carbocycles. The fourth-order valence-corrected chi connectivity index (χ4v) is 0.902. The average molecular weight is 110 g/mol. The Labute approximate surface area is 49.9 Å². The summed E-state index contributed by atoms with van der Waals surface area (Å²) in [5, 5.41) is 0. The van der Waals surface area contributed by atoms with Crippen molar-refractivity contribution in [2.45, 2.75) is 11.6 Å². The van der Waals surface area contributed by atoms with E-state index in [9.17, 15) is 0 Å². The molecule has 0 nitrogen and oxygen atoms in total. The highest BCUT2D eigenvalue weighted by molar-refractivity contribution is 6.61. The number of rotatable bonds is 2. The van der Waals surface area contributed by atoms with E-state index < -0.39 is 14.1 Å². The van der Waals surface area contributed by atoms with Crippen LogP contribution in [-0.2, 0) is 0 Å². The van der Waals surface area contributed by atoms with Crippen molar-refractivity contribution in [2.75, 3.05) is 0 Å². The van der Waals surface area contributed by atoms with Crippen molar-refractivity contribution in [3.63, 3.8) is 0 Å². The van der Waals surface area contributed by atoms with Crippen LogP contribution < -0.4 is 0 Å². The molecule has 0 aromatic heterocycles. The summed E-state index contributed by atoms with van der Waals surface area (Å²) in [5.41, 5.74) is 0. The first kappa shape index (κ1) is 7.01. The lowest BCUT2D eigenvalue weighted by Crippen LogP contribution is -1.90. The molecule has 0 aliphatic rings. The third-order valence-electron chi connectivity index (χ3n) is 0.632. The number of hydrogen-bond acceptors (Lipinski definition) is 0. The molecule has 0 aliphatic heterocycles. The molecule has 0 radical (unpaired) electrons. The van der Waals surface area contributed by atoms with E-state index in [-0.39, 0.29) is 0 Å². The van der Waals surface area contributed by atoms with Gasteiger partial charge in [0.25, 0.3) is 14.1 Å². The summed E-state index contributed by atoms with van der Waals surface area (Å²) < 4.78 is 0. The van der Waals surface area contributed by atoms with Gasteiger partial charge in [0.1, 0.15) is 0 Å². The van der Waals surface area contributed by atoms with Gasteiger partial charge in [-0.05, 0) is 0 Å². The predicted molar refractivity (Wildman–Crippen MR) is 36.8 cm³/mol. The largest absolute Gasteiger partial charge is 0.288 e. The molecule has 0 atom stereocenters. The minimum Gasteiger partial charge on any atom is -0.145 e. The van der Waals surface area contributed by atoms with Crippen molar-refractivity contribution in [2.24, 2.45) is 0 Å². The van der Waals surface area contributed by atoms with E-state index >= 15 is 0 Å². The van der Waals surface area contributed by atoms with Gasteiger partial charge in [-0.2, -0.15) is 0 Å². The summed E-state index contributed by atoms with van der Waals surface area (Å²) in [5.74, 6) is 4.56. The summed E-state index contributed by atoms with van der Waals surface area (Å²) in [6, 6.07) is 0. The van der Waals surface area contributed by atoms with E-state index in [4.69, 9.17) is 0 Å². The topological polar surface area (TPSA) is 0 Å². The zero-order chi connectivity index (χ0) is 5.70. The SMILES string of the molecule is C=CC=[CH][Al]([CH3])[CH3]. The van der Waals surface area contributed by atoms with Crippen molar-refractivity contribution in [1.29, 1.82) is 0 Å². The molecule has 0 saturated heterocycles. The molecule has 0 saturated carbocycles. The maximum Gasteiger partial charge on any atom is 0.288 e. The highest BCUT2D eigenvalue weighted by Gasteiger charge is 1.89. The van der Waals surface area contributed by atoms with E-state index in [0.29, 0.717) is 0 Å². The Morgan fingerprint density at radius 3 is 2.14 bits per heavy atom. The second-order valence-corrected chi connectivity index (χ2v) is 4.74. The summed E-state index contributed by atoms with van der Waals surface area (Å²) in [6.45, 7) is 3.57. The first-order valence-electron chi connectivity index (χ1n) is 2.56. The van der Waals surface area contributed by atoms with Gasteiger partial charge < -0.3 is 0 Å². The van der Waals surface area contributed by atoms with Gasteiger partial charge in [0.15, 0.2) is 0 Å². The van der Waals surface area contributed by atoms with Crippen molar-refractivity contribution in [3.05, 3.63) is 23.7 Å². The minimum absolute atomic E-state index is 0.440. The Bertz CT molecular complexity index is 72.2. The van der Waals surface area contributed by atoms with Gasteiger partial charge in [-0.1, -0.05) is 18.7 Å². The van der Waals surface area contributed by atoms with Crippen molar-refractivity contribution >= 4 is 14.1 Å². The molecule has 0 spiro atoms. The fraction of sp³-hybridized carbons (Fsp3) is 0.333. The Morgan fingerprint density at radius 2 is 2.00 bits per heavy atom. The quantitative estimate of drug-likeness (QED) is 0.377. The lowest BCUT2D eigenvalue weighted by molar-refractivity contribution is 1.95. The molecule has 0 N–H and O–H groups in total. The summed E-state index contributed by atoms with van der Waals surface area (Å²) in [6.07, 6.45) is 3.85. The van der Waals surface area contributed by atoms with Gasteiger partial charge in [-0.3, -0.25) is 0 Å². The normalized spacial score (nSPS) is 9.43. The van der Waals surface area contributed by atoms with Crippen molar-refractivity contribution < 1.29 is 0 Å². The summed E-state index contributed by atoms with van der Waals surface area (Å²) in [4.78, 5) is 2.24. The molecule has 0 aromatic rings. The second-order valence-electron chi connectivity index (χ2n) is 1.86. The van der Waals surface area contributed by atoms with Crippen LogP contribution in [-0.4, -0.2) is 14.1 Å². The molecule has 0 aromatic carbocycles. The van der Waals surface area contributed by atoms with Crippen LogP contribution in [0.5, 0.6) is 0 Å². The van der Waals surface area contributed by atoms with Crippen molar-refractivity contribution in [1.82, 2.24) is 0 Å². The highest BCUT2D eigenvalue weighted by atomic mass is 27.2. The van der Waals surface area contributed by atoms with Gasteiger partial charge in [0.05, 0.1) is 0 Å². The fourth-order valence-electron chi connectivity index (χ4n) is 0.301. The highest BCUT2D eigenvalue weighted by Crippen LogP contribution is 1.80. The lowest BCUT2D eigenvalue weighted by Gasteiger charge is -1.78. The van der Waals surface area contributed by atoms with Crippen molar-refractivity contribution in [3.8, 4) is 0 Å². The van der Waals surface area contributed by atoms with E-state index in [1.54, 1.807) is 0 Å². The molecular weight excluding hydrogens is 99.0 g/mol. The van der Waals surface area contributed by atoms with Gasteiger partial charge >= 0.3 is 0 Å². The third-order valence-corrected chi connectivity index (χ3v) is 1.62. The Kier molecular flexibility index (Phi) is 4.19. The van der Waals surface area contributed by atoms with Crippen LogP contribution in [0, 0.1) is 0 Å². The minimum atomic E-state index is -0.440. The van der Waals surface area contributed by atoms with Crippen LogP contribution >= 0.6 is 0 Å². The van der Waals surface area contributed by atoms with Gasteiger partial charge in [0, 0.05) is 0 Å². The molecule has 38 valence electrons. The average Bonchev–Trinajstić information content (AvgIpc) is 1.61. The second kappa shape index (κ2) is 4.18. The first-order valence-corrected chi connectivity index (χ1v) is 5.54. The standard InChI is InChI=1S/C4H5.2CH3.Al/c1-3-4-2;;;/h1,3-4H,2H2;2*1H3;. The smallest absolute Gasteiger partial charge is 0.145 e. The zero-order valence-corrected chi connectivity index (χ0v) is 6.17. The lowest BCUT2D eigenvalue weighted by atomic mass is 10.6. The molecular formula is C6H11Al. The molecule has 1 heteroatoms. The maximum atomic E-state index is 3.57. The Morgan fingerprint density at radius 1 is 1.43 bits per heavy atom. The third kappa shape index (κ3) is 6.01.